The first-order chi connectivity index (χ1) is 9.80. The summed E-state index contributed by atoms with van der Waals surface area (Å²) >= 11 is 0. The van der Waals surface area contributed by atoms with Gasteiger partial charge in [-0.2, -0.15) is 0 Å². The molecule has 0 unspecified atom stereocenters. The minimum Gasteiger partial charge on any atom is -0.472 e. The third kappa shape index (κ3) is 1.42. The molecular weight excluding hydrogens is 290 g/mol. The lowest BCUT2D eigenvalue weighted by Gasteiger charge is -2.37. The lowest BCUT2D eigenvalue weighted by Crippen LogP contribution is -2.44. The van der Waals surface area contributed by atoms with Gasteiger partial charge in [0.2, 0.25) is 10.0 Å². The summed E-state index contributed by atoms with van der Waals surface area (Å²) in [5.41, 5.74) is 0.0303. The molecule has 5 nitrogen and oxygen atoms in total. The zero-order valence-corrected chi connectivity index (χ0v) is 13.0. The average Bonchev–Trinajstić information content (AvgIpc) is 3.08. The quantitative estimate of drug-likeness (QED) is 0.798. The molecule has 3 aliphatic rings. The van der Waals surface area contributed by atoms with Gasteiger partial charge >= 0.3 is 0 Å². The van der Waals surface area contributed by atoms with E-state index in [9.17, 15) is 13.2 Å². The van der Waals surface area contributed by atoms with Crippen molar-refractivity contribution >= 4 is 15.9 Å². The number of hydrogen-bond acceptors (Lipinski definition) is 4. The van der Waals surface area contributed by atoms with Gasteiger partial charge in [0.1, 0.15) is 6.26 Å². The number of fused-ring (bicyclic) bond motifs is 1. The predicted molar refractivity (Wildman–Crippen MR) is 76.0 cm³/mol. The number of rotatable bonds is 1. The van der Waals surface area contributed by atoms with Gasteiger partial charge in [-0.1, -0.05) is 13.8 Å². The first-order valence-corrected chi connectivity index (χ1v) is 8.99. The predicted octanol–water partition coefficient (Wildman–Crippen LogP) is 2.26. The van der Waals surface area contributed by atoms with E-state index in [4.69, 9.17) is 4.42 Å². The molecule has 3 fully saturated rings. The van der Waals surface area contributed by atoms with E-state index in [1.807, 2.05) is 0 Å². The minimum atomic E-state index is -3.54. The van der Waals surface area contributed by atoms with Gasteiger partial charge in [-0.3, -0.25) is 4.79 Å². The maximum Gasteiger partial charge on any atom is 0.270 e. The van der Waals surface area contributed by atoms with Crippen molar-refractivity contribution in [3.8, 4) is 0 Å². The van der Waals surface area contributed by atoms with E-state index in [1.54, 1.807) is 0 Å². The summed E-state index contributed by atoms with van der Waals surface area (Å²) in [6.07, 6.45) is 5.50. The van der Waals surface area contributed by atoms with E-state index in [0.717, 1.165) is 19.3 Å². The summed E-state index contributed by atoms with van der Waals surface area (Å²) in [5.74, 6) is 0.184. The summed E-state index contributed by atoms with van der Waals surface area (Å²) < 4.78 is 31.4. The Hall–Kier alpha value is -1.30. The van der Waals surface area contributed by atoms with Crippen LogP contribution in [0, 0.1) is 16.7 Å². The second kappa shape index (κ2) is 3.72. The molecule has 2 bridgehead atoms. The molecular formula is C15H19NO4S. The number of amides is 1. The van der Waals surface area contributed by atoms with Crippen molar-refractivity contribution in [3.63, 3.8) is 0 Å². The van der Waals surface area contributed by atoms with Crippen molar-refractivity contribution in [2.24, 2.45) is 16.7 Å². The van der Waals surface area contributed by atoms with Gasteiger partial charge in [-0.15, -0.1) is 0 Å². The summed E-state index contributed by atoms with van der Waals surface area (Å²) in [4.78, 5) is 12.6. The van der Waals surface area contributed by atoms with Crippen LogP contribution in [0.2, 0.25) is 0 Å². The van der Waals surface area contributed by atoms with Gasteiger partial charge in [0.15, 0.2) is 0 Å². The molecule has 114 valence electrons. The maximum atomic E-state index is 12.7. The van der Waals surface area contributed by atoms with E-state index < -0.39 is 15.9 Å². The largest absolute Gasteiger partial charge is 0.472 e. The van der Waals surface area contributed by atoms with Crippen LogP contribution in [0.1, 0.15) is 43.5 Å². The zero-order chi connectivity index (χ0) is 15.0. The summed E-state index contributed by atoms with van der Waals surface area (Å²) in [6.45, 7) is 4.35. The monoisotopic (exact) mass is 309 g/mol. The molecule has 21 heavy (non-hydrogen) atoms. The van der Waals surface area contributed by atoms with Crippen LogP contribution in [0.25, 0.3) is 0 Å². The molecule has 0 aromatic carbocycles. The molecule has 4 rings (SSSR count). The Balaban J connectivity index is 1.82. The molecule has 2 aliphatic carbocycles. The molecule has 1 aliphatic heterocycles. The highest BCUT2D eigenvalue weighted by Crippen LogP contribution is 2.70. The van der Waals surface area contributed by atoms with Crippen molar-refractivity contribution in [2.45, 2.75) is 39.2 Å². The Morgan fingerprint density at radius 3 is 2.81 bits per heavy atom. The number of furan rings is 1. The smallest absolute Gasteiger partial charge is 0.270 e. The van der Waals surface area contributed by atoms with Crippen LogP contribution >= 0.6 is 0 Å². The maximum absolute atomic E-state index is 12.7. The standard InChI is InChI=1S/C15H19NO4S/c1-14(2)11-3-5-15(14)9-21(18,19)16(12(15)7-11)13(17)10-4-6-20-8-10/h4,6,8,11-12H,3,5,7,9H2,1-2H3/t11-,12-,15+/m1/s1. The fourth-order valence-electron chi connectivity index (χ4n) is 5.07. The van der Waals surface area contributed by atoms with Crippen molar-refractivity contribution < 1.29 is 17.6 Å². The highest BCUT2D eigenvalue weighted by Gasteiger charge is 2.72. The Morgan fingerprint density at radius 1 is 1.43 bits per heavy atom. The fourth-order valence-corrected chi connectivity index (χ4v) is 7.60. The van der Waals surface area contributed by atoms with E-state index in [2.05, 4.69) is 13.8 Å². The number of hydrogen-bond donors (Lipinski definition) is 0. The molecule has 1 saturated heterocycles. The fraction of sp³-hybridized carbons (Fsp3) is 0.667. The van der Waals surface area contributed by atoms with E-state index >= 15 is 0 Å². The molecule has 1 aromatic rings. The highest BCUT2D eigenvalue weighted by atomic mass is 32.2. The van der Waals surface area contributed by atoms with Gasteiger partial charge in [-0.05, 0) is 36.7 Å². The average molecular weight is 309 g/mol. The molecule has 2 heterocycles. The Kier molecular flexibility index (Phi) is 2.37. The number of nitrogens with zero attached hydrogens (tertiary/aromatic N) is 1. The second-order valence-electron chi connectivity index (χ2n) is 7.23. The molecule has 1 amide bonds. The molecule has 1 spiro atoms. The summed E-state index contributed by atoms with van der Waals surface area (Å²) in [5, 5.41) is 0. The zero-order valence-electron chi connectivity index (χ0n) is 12.2. The van der Waals surface area contributed by atoms with Crippen LogP contribution in [-0.2, 0) is 10.0 Å². The van der Waals surface area contributed by atoms with Crippen molar-refractivity contribution in [1.29, 1.82) is 0 Å². The lowest BCUT2D eigenvalue weighted by atomic mass is 9.69. The van der Waals surface area contributed by atoms with Crippen LogP contribution < -0.4 is 0 Å². The van der Waals surface area contributed by atoms with Crippen LogP contribution in [0.3, 0.4) is 0 Å². The SMILES string of the molecule is CC1(C)[C@@H]2CC[C@@]13CS(=O)(=O)N(C(=O)c1ccoc1)[C@@H]3C2. The van der Waals surface area contributed by atoms with E-state index in [0.29, 0.717) is 11.5 Å². The molecule has 1 aromatic heterocycles. The van der Waals surface area contributed by atoms with Gasteiger partial charge in [0.25, 0.3) is 5.91 Å². The minimum absolute atomic E-state index is 0.0177. The topological polar surface area (TPSA) is 67.6 Å². The van der Waals surface area contributed by atoms with Crippen LogP contribution in [0.5, 0.6) is 0 Å². The normalized spacial score (nSPS) is 38.7. The second-order valence-corrected chi connectivity index (χ2v) is 9.08. The van der Waals surface area contributed by atoms with E-state index in [1.165, 1.54) is 22.9 Å². The Morgan fingerprint density at radius 2 is 2.19 bits per heavy atom. The molecule has 0 N–H and O–H groups in total. The van der Waals surface area contributed by atoms with Gasteiger partial charge in [0.05, 0.1) is 23.6 Å². The van der Waals surface area contributed by atoms with Crippen molar-refractivity contribution in [1.82, 2.24) is 4.31 Å². The molecule has 6 heteroatoms. The summed E-state index contributed by atoms with van der Waals surface area (Å²) in [7, 11) is -3.54. The Bertz CT molecular complexity index is 706. The van der Waals surface area contributed by atoms with Crippen LogP contribution in [0.4, 0.5) is 0 Å². The first-order valence-electron chi connectivity index (χ1n) is 7.38. The van der Waals surface area contributed by atoms with Crippen LogP contribution in [-0.4, -0.2) is 30.4 Å². The van der Waals surface area contributed by atoms with Crippen molar-refractivity contribution in [2.75, 3.05) is 5.75 Å². The third-order valence-corrected chi connectivity index (χ3v) is 8.28. The first kappa shape index (κ1) is 13.4. The number of sulfonamides is 1. The summed E-state index contributed by atoms with van der Waals surface area (Å²) in [6, 6.07) is 1.35. The van der Waals surface area contributed by atoms with Gasteiger partial charge < -0.3 is 4.42 Å². The van der Waals surface area contributed by atoms with Crippen LogP contribution in [0.15, 0.2) is 23.0 Å². The van der Waals surface area contributed by atoms with E-state index in [-0.39, 0.29) is 22.6 Å². The molecule has 0 radical (unpaired) electrons. The Labute approximate surface area is 124 Å². The van der Waals surface area contributed by atoms with Gasteiger partial charge in [-0.25, -0.2) is 12.7 Å². The lowest BCUT2D eigenvalue weighted by molar-refractivity contribution is 0.0700. The third-order valence-electron chi connectivity index (χ3n) is 6.38. The molecule has 3 atom stereocenters. The highest BCUT2D eigenvalue weighted by molar-refractivity contribution is 7.90. The number of carbonyl (C=O) groups is 1. The van der Waals surface area contributed by atoms with Gasteiger partial charge in [0, 0.05) is 5.41 Å². The van der Waals surface area contributed by atoms with Crippen molar-refractivity contribution in [3.05, 3.63) is 24.2 Å². The number of carbonyl (C=O) groups excluding carboxylic acids is 1. The molecule has 2 saturated carbocycles.